The summed E-state index contributed by atoms with van der Waals surface area (Å²) >= 11 is 1.60. The number of amides is 1. The number of hydrogen-bond donors (Lipinski definition) is 1. The zero-order valence-corrected chi connectivity index (χ0v) is 12.3. The van der Waals surface area contributed by atoms with Gasteiger partial charge in [-0.1, -0.05) is 30.3 Å². The molecule has 4 heteroatoms. The lowest BCUT2D eigenvalue weighted by molar-refractivity contribution is -0.122. The molecule has 3 nitrogen and oxygen atoms in total. The van der Waals surface area contributed by atoms with E-state index in [-0.39, 0.29) is 5.91 Å². The predicted octanol–water partition coefficient (Wildman–Crippen LogP) is 3.81. The molecule has 0 bridgehead atoms. The van der Waals surface area contributed by atoms with Crippen LogP contribution in [-0.2, 0) is 4.79 Å². The van der Waals surface area contributed by atoms with Gasteiger partial charge in [-0.15, -0.1) is 11.8 Å². The molecule has 0 saturated carbocycles. The molecule has 0 aliphatic rings. The average molecular weight is 287 g/mol. The molecule has 1 amide bonds. The Bertz CT molecular complexity index is 572. The summed E-state index contributed by atoms with van der Waals surface area (Å²) in [6.07, 6.45) is 1.43. The number of nitrogens with one attached hydrogen (secondary N) is 1. The minimum atomic E-state index is -0.549. The molecule has 0 fully saturated rings. The molecule has 2 aromatic carbocycles. The van der Waals surface area contributed by atoms with Crippen molar-refractivity contribution < 1.29 is 9.53 Å². The van der Waals surface area contributed by atoms with Gasteiger partial charge in [-0.05, 0) is 37.4 Å². The SMILES string of the molecule is CSc1ccccc1NC(=O)[C@H](C)Oc1ccccc1. The van der Waals surface area contributed by atoms with E-state index in [1.807, 2.05) is 60.9 Å². The smallest absolute Gasteiger partial charge is 0.265 e. The summed E-state index contributed by atoms with van der Waals surface area (Å²) in [5.41, 5.74) is 0.813. The zero-order chi connectivity index (χ0) is 14.4. The molecule has 0 aliphatic heterocycles. The van der Waals surface area contributed by atoms with Gasteiger partial charge < -0.3 is 10.1 Å². The molecule has 0 unspecified atom stereocenters. The predicted molar refractivity (Wildman–Crippen MR) is 83.4 cm³/mol. The molecule has 0 spiro atoms. The molecule has 1 atom stereocenters. The van der Waals surface area contributed by atoms with Crippen molar-refractivity contribution in [1.82, 2.24) is 0 Å². The fraction of sp³-hybridized carbons (Fsp3) is 0.188. The Morgan fingerprint density at radius 2 is 1.75 bits per heavy atom. The molecule has 20 heavy (non-hydrogen) atoms. The normalized spacial score (nSPS) is 11.7. The fourth-order valence-electron chi connectivity index (χ4n) is 1.74. The van der Waals surface area contributed by atoms with Crippen LogP contribution in [0.25, 0.3) is 0 Å². The second-order valence-corrected chi connectivity index (χ2v) is 5.11. The van der Waals surface area contributed by atoms with Crippen LogP contribution < -0.4 is 10.1 Å². The van der Waals surface area contributed by atoms with Crippen LogP contribution in [0.15, 0.2) is 59.5 Å². The average Bonchev–Trinajstić information content (AvgIpc) is 2.48. The van der Waals surface area contributed by atoms with Crippen LogP contribution in [0.5, 0.6) is 5.75 Å². The van der Waals surface area contributed by atoms with Crippen LogP contribution in [0.4, 0.5) is 5.69 Å². The lowest BCUT2D eigenvalue weighted by atomic mass is 10.3. The lowest BCUT2D eigenvalue weighted by Crippen LogP contribution is -2.30. The molecule has 104 valence electrons. The first-order valence-corrected chi connectivity index (χ1v) is 7.59. The van der Waals surface area contributed by atoms with Crippen LogP contribution in [0.1, 0.15) is 6.92 Å². The van der Waals surface area contributed by atoms with E-state index in [1.54, 1.807) is 18.7 Å². The molecule has 0 aliphatic carbocycles. The van der Waals surface area contributed by atoms with Crippen LogP contribution >= 0.6 is 11.8 Å². The Morgan fingerprint density at radius 3 is 2.45 bits per heavy atom. The molecule has 0 aromatic heterocycles. The third-order valence-corrected chi connectivity index (χ3v) is 3.59. The molecule has 2 rings (SSSR count). The minimum absolute atomic E-state index is 0.157. The van der Waals surface area contributed by atoms with Crippen LogP contribution in [0.3, 0.4) is 0 Å². The third kappa shape index (κ3) is 3.78. The molecule has 1 N–H and O–H groups in total. The monoisotopic (exact) mass is 287 g/mol. The van der Waals surface area contributed by atoms with E-state index in [0.29, 0.717) is 5.75 Å². The van der Waals surface area contributed by atoms with Crippen molar-refractivity contribution in [3.63, 3.8) is 0 Å². The lowest BCUT2D eigenvalue weighted by Gasteiger charge is -2.15. The topological polar surface area (TPSA) is 38.3 Å². The molecular formula is C16H17NO2S. The second-order valence-electron chi connectivity index (χ2n) is 4.26. The first-order valence-electron chi connectivity index (χ1n) is 6.36. The minimum Gasteiger partial charge on any atom is -0.481 e. The Balaban J connectivity index is 2.01. The van der Waals surface area contributed by atoms with Crippen molar-refractivity contribution in [2.24, 2.45) is 0 Å². The zero-order valence-electron chi connectivity index (χ0n) is 11.5. The summed E-state index contributed by atoms with van der Waals surface area (Å²) in [5.74, 6) is 0.531. The van der Waals surface area contributed by atoms with E-state index in [4.69, 9.17) is 4.74 Å². The highest BCUT2D eigenvalue weighted by Gasteiger charge is 2.15. The molecule has 0 radical (unpaired) electrons. The van der Waals surface area contributed by atoms with Gasteiger partial charge in [-0.25, -0.2) is 0 Å². The van der Waals surface area contributed by atoms with Crippen molar-refractivity contribution in [3.8, 4) is 5.75 Å². The van der Waals surface area contributed by atoms with E-state index in [0.717, 1.165) is 10.6 Å². The first kappa shape index (κ1) is 14.5. The highest BCUT2D eigenvalue weighted by molar-refractivity contribution is 7.98. The van der Waals surface area contributed by atoms with Gasteiger partial charge in [0, 0.05) is 4.90 Å². The summed E-state index contributed by atoms with van der Waals surface area (Å²) in [5, 5.41) is 2.90. The molecule has 2 aromatic rings. The summed E-state index contributed by atoms with van der Waals surface area (Å²) in [6.45, 7) is 1.74. The number of carbonyl (C=O) groups is 1. The van der Waals surface area contributed by atoms with E-state index in [2.05, 4.69) is 5.32 Å². The van der Waals surface area contributed by atoms with E-state index >= 15 is 0 Å². The number of hydrogen-bond acceptors (Lipinski definition) is 3. The standard InChI is InChI=1S/C16H17NO2S/c1-12(19-13-8-4-3-5-9-13)16(18)17-14-10-6-7-11-15(14)20-2/h3-12H,1-2H3,(H,17,18)/t12-/m0/s1. The number of anilines is 1. The summed E-state index contributed by atoms with van der Waals surface area (Å²) < 4.78 is 5.60. The van der Waals surface area contributed by atoms with Gasteiger partial charge in [0.25, 0.3) is 5.91 Å². The first-order chi connectivity index (χ1) is 9.70. The highest BCUT2D eigenvalue weighted by atomic mass is 32.2. The van der Waals surface area contributed by atoms with Gasteiger partial charge in [0.05, 0.1) is 5.69 Å². The Labute approximate surface area is 123 Å². The number of para-hydroxylation sites is 2. The van der Waals surface area contributed by atoms with Crippen molar-refractivity contribution >= 4 is 23.4 Å². The Hall–Kier alpha value is -1.94. The number of carbonyl (C=O) groups excluding carboxylic acids is 1. The van der Waals surface area contributed by atoms with E-state index in [1.165, 1.54) is 0 Å². The van der Waals surface area contributed by atoms with Gasteiger partial charge in [0.1, 0.15) is 5.75 Å². The number of rotatable bonds is 5. The summed E-state index contributed by atoms with van der Waals surface area (Å²) in [6, 6.07) is 17.0. The Kier molecular flexibility index (Phi) is 5.07. The maximum absolute atomic E-state index is 12.1. The maximum Gasteiger partial charge on any atom is 0.265 e. The van der Waals surface area contributed by atoms with Crippen LogP contribution in [0.2, 0.25) is 0 Å². The summed E-state index contributed by atoms with van der Waals surface area (Å²) in [7, 11) is 0. The quantitative estimate of drug-likeness (QED) is 0.850. The van der Waals surface area contributed by atoms with Gasteiger partial charge in [-0.3, -0.25) is 4.79 Å². The largest absolute Gasteiger partial charge is 0.481 e. The summed E-state index contributed by atoms with van der Waals surface area (Å²) in [4.78, 5) is 13.2. The van der Waals surface area contributed by atoms with Crippen LogP contribution in [-0.4, -0.2) is 18.3 Å². The number of thioether (sulfide) groups is 1. The maximum atomic E-state index is 12.1. The molecular weight excluding hydrogens is 270 g/mol. The van der Waals surface area contributed by atoms with Crippen molar-refractivity contribution in [3.05, 3.63) is 54.6 Å². The second kappa shape index (κ2) is 7.01. The van der Waals surface area contributed by atoms with Crippen molar-refractivity contribution in [1.29, 1.82) is 0 Å². The van der Waals surface area contributed by atoms with Gasteiger partial charge >= 0.3 is 0 Å². The van der Waals surface area contributed by atoms with Gasteiger partial charge in [0.2, 0.25) is 0 Å². The number of ether oxygens (including phenoxy) is 1. The molecule has 0 saturated heterocycles. The number of benzene rings is 2. The van der Waals surface area contributed by atoms with Crippen molar-refractivity contribution in [2.75, 3.05) is 11.6 Å². The fourth-order valence-corrected chi connectivity index (χ4v) is 2.29. The van der Waals surface area contributed by atoms with Crippen molar-refractivity contribution in [2.45, 2.75) is 17.9 Å². The van der Waals surface area contributed by atoms with E-state index in [9.17, 15) is 4.79 Å². The van der Waals surface area contributed by atoms with E-state index < -0.39 is 6.10 Å². The highest BCUT2D eigenvalue weighted by Crippen LogP contribution is 2.24. The third-order valence-electron chi connectivity index (χ3n) is 2.79. The van der Waals surface area contributed by atoms with Gasteiger partial charge in [0.15, 0.2) is 6.10 Å². The van der Waals surface area contributed by atoms with Crippen LogP contribution in [0, 0.1) is 0 Å². The molecule has 0 heterocycles. The Morgan fingerprint density at radius 1 is 1.10 bits per heavy atom. The van der Waals surface area contributed by atoms with Gasteiger partial charge in [-0.2, -0.15) is 0 Å².